The molecule has 1 heterocycles. The zero-order valence-corrected chi connectivity index (χ0v) is 26.8. The molecule has 0 bridgehead atoms. The molecule has 0 aromatic heterocycles. The largest absolute Gasteiger partial charge is 0.455 e. The molecule has 0 unspecified atom stereocenters. The van der Waals surface area contributed by atoms with Gasteiger partial charge in [-0.3, -0.25) is 9.52 Å². The van der Waals surface area contributed by atoms with Crippen LogP contribution >= 0.6 is 0 Å². The van der Waals surface area contributed by atoms with E-state index >= 15 is 0 Å². The van der Waals surface area contributed by atoms with Gasteiger partial charge in [0.1, 0.15) is 5.75 Å². The predicted octanol–water partition coefficient (Wildman–Crippen LogP) is 6.90. The summed E-state index contributed by atoms with van der Waals surface area (Å²) >= 11 is 0. The van der Waals surface area contributed by atoms with Crippen molar-refractivity contribution in [3.05, 3.63) is 78.4 Å². The standard InChI is InChI=1S/C35H46N4O4S/c1-3-39(4-2)30-10-9-11-31(26-30)43-34-13-6-5-12-33(34)37-44(41,42)32-20-16-28(17-21-32)35(40)36-29-18-14-27(15-19-29)22-25-38-23-7-8-24-38/h5-6,9-13,16-17,20-21,26-27,29,37H,3-4,7-8,14-15,18-19,22-25H2,1-2H3,(H,36,40)/t27-,29-. The third-order valence-corrected chi connectivity index (χ3v) is 10.3. The molecule has 8 nitrogen and oxygen atoms in total. The van der Waals surface area contributed by atoms with Gasteiger partial charge in [-0.05, 0) is 133 Å². The fraction of sp³-hybridized carbons (Fsp3) is 0.457. The van der Waals surface area contributed by atoms with Crippen LogP contribution in [0.2, 0.25) is 0 Å². The van der Waals surface area contributed by atoms with Crippen molar-refractivity contribution in [3.8, 4) is 11.5 Å². The van der Waals surface area contributed by atoms with E-state index in [-0.39, 0.29) is 16.8 Å². The number of ether oxygens (including phenoxy) is 1. The van der Waals surface area contributed by atoms with Gasteiger partial charge in [0.25, 0.3) is 15.9 Å². The summed E-state index contributed by atoms with van der Waals surface area (Å²) < 4.78 is 35.4. The van der Waals surface area contributed by atoms with Gasteiger partial charge >= 0.3 is 0 Å². The first-order valence-corrected chi connectivity index (χ1v) is 17.6. The van der Waals surface area contributed by atoms with Crippen molar-refractivity contribution in [2.45, 2.75) is 69.7 Å². The molecule has 5 rings (SSSR count). The zero-order valence-electron chi connectivity index (χ0n) is 26.0. The summed E-state index contributed by atoms with van der Waals surface area (Å²) in [6.45, 7) is 9.64. The lowest BCUT2D eigenvalue weighted by atomic mass is 9.84. The Morgan fingerprint density at radius 3 is 2.32 bits per heavy atom. The van der Waals surface area contributed by atoms with Crippen LogP contribution in [0, 0.1) is 5.92 Å². The second-order valence-corrected chi connectivity index (χ2v) is 13.6. The third-order valence-electron chi connectivity index (χ3n) is 8.97. The molecule has 9 heteroatoms. The van der Waals surface area contributed by atoms with Gasteiger partial charge in [0, 0.05) is 36.4 Å². The van der Waals surface area contributed by atoms with E-state index in [1.54, 1.807) is 36.4 Å². The Labute approximate surface area is 262 Å². The number of amides is 1. The van der Waals surface area contributed by atoms with Gasteiger partial charge in [-0.25, -0.2) is 8.42 Å². The molecule has 1 aliphatic carbocycles. The van der Waals surface area contributed by atoms with Crippen LogP contribution in [0.3, 0.4) is 0 Å². The van der Waals surface area contributed by atoms with Crippen LogP contribution in [0.15, 0.2) is 77.7 Å². The SMILES string of the molecule is CCN(CC)c1cccc(Oc2ccccc2NS(=O)(=O)c2ccc(C(=O)N[C@H]3CC[C@H](CCN4CCCC4)CC3)cc2)c1. The van der Waals surface area contributed by atoms with E-state index in [1.807, 2.05) is 24.3 Å². The topological polar surface area (TPSA) is 91.0 Å². The Morgan fingerprint density at radius 1 is 0.909 bits per heavy atom. The number of anilines is 2. The zero-order chi connectivity index (χ0) is 30.9. The number of carbonyl (C=O) groups excluding carboxylic acids is 1. The lowest BCUT2D eigenvalue weighted by Gasteiger charge is -2.30. The molecule has 2 aliphatic rings. The number of benzene rings is 3. The molecular formula is C35H46N4O4S. The van der Waals surface area contributed by atoms with Crippen LogP contribution in [0.25, 0.3) is 0 Å². The Hall–Kier alpha value is -3.56. The average Bonchev–Trinajstić information content (AvgIpc) is 3.56. The molecular weight excluding hydrogens is 572 g/mol. The average molecular weight is 619 g/mol. The first-order chi connectivity index (χ1) is 21.3. The van der Waals surface area contributed by atoms with Gasteiger partial charge < -0.3 is 19.9 Å². The normalized spacial score (nSPS) is 19.0. The van der Waals surface area contributed by atoms with Gasteiger partial charge in [0.05, 0.1) is 10.6 Å². The van der Waals surface area contributed by atoms with Crippen molar-refractivity contribution >= 4 is 27.3 Å². The highest BCUT2D eigenvalue weighted by Crippen LogP contribution is 2.33. The van der Waals surface area contributed by atoms with Crippen molar-refractivity contribution in [3.63, 3.8) is 0 Å². The Bertz CT molecular complexity index is 1480. The quantitative estimate of drug-likeness (QED) is 0.217. The highest BCUT2D eigenvalue weighted by Gasteiger charge is 2.24. The fourth-order valence-electron chi connectivity index (χ4n) is 6.32. The van der Waals surface area contributed by atoms with E-state index in [1.165, 1.54) is 51.0 Å². The number of likely N-dealkylation sites (tertiary alicyclic amines) is 1. The van der Waals surface area contributed by atoms with Crippen molar-refractivity contribution in [2.24, 2.45) is 5.92 Å². The molecule has 44 heavy (non-hydrogen) atoms. The lowest BCUT2D eigenvalue weighted by Crippen LogP contribution is -2.38. The van der Waals surface area contributed by atoms with Crippen molar-refractivity contribution in [2.75, 3.05) is 42.3 Å². The van der Waals surface area contributed by atoms with Crippen LogP contribution < -0.4 is 19.7 Å². The van der Waals surface area contributed by atoms with Gasteiger partial charge in [-0.2, -0.15) is 0 Å². The minimum Gasteiger partial charge on any atom is -0.455 e. The van der Waals surface area contributed by atoms with E-state index in [0.29, 0.717) is 22.7 Å². The molecule has 2 N–H and O–H groups in total. The number of hydrogen-bond acceptors (Lipinski definition) is 6. The molecule has 0 spiro atoms. The van der Waals surface area contributed by atoms with Crippen LogP contribution in [0.1, 0.15) is 69.2 Å². The summed E-state index contributed by atoms with van der Waals surface area (Å²) in [5.41, 5.74) is 1.82. The number of para-hydroxylation sites is 2. The Balaban J connectivity index is 1.16. The Kier molecular flexibility index (Phi) is 10.8. The molecule has 3 aromatic carbocycles. The highest BCUT2D eigenvalue weighted by molar-refractivity contribution is 7.92. The maximum Gasteiger partial charge on any atom is 0.262 e. The smallest absolute Gasteiger partial charge is 0.262 e. The molecule has 236 valence electrons. The molecule has 1 saturated heterocycles. The van der Waals surface area contributed by atoms with Gasteiger partial charge in [-0.15, -0.1) is 0 Å². The summed E-state index contributed by atoms with van der Waals surface area (Å²) in [5, 5.41) is 3.17. The number of hydrogen-bond donors (Lipinski definition) is 2. The number of rotatable bonds is 13. The molecule has 1 aliphatic heterocycles. The molecule has 1 amide bonds. The second-order valence-electron chi connectivity index (χ2n) is 11.9. The summed E-state index contributed by atoms with van der Waals surface area (Å²) in [7, 11) is -3.92. The number of nitrogens with zero attached hydrogens (tertiary/aromatic N) is 2. The third kappa shape index (κ3) is 8.33. The van der Waals surface area contributed by atoms with E-state index in [4.69, 9.17) is 4.74 Å². The number of sulfonamides is 1. The summed E-state index contributed by atoms with van der Waals surface area (Å²) in [4.78, 5) is 17.8. The van der Waals surface area contributed by atoms with E-state index in [2.05, 4.69) is 33.7 Å². The molecule has 1 saturated carbocycles. The monoisotopic (exact) mass is 618 g/mol. The Morgan fingerprint density at radius 2 is 1.61 bits per heavy atom. The first-order valence-electron chi connectivity index (χ1n) is 16.1. The van der Waals surface area contributed by atoms with Crippen LogP contribution in [0.5, 0.6) is 11.5 Å². The molecule has 0 radical (unpaired) electrons. The van der Waals surface area contributed by atoms with E-state index in [0.717, 1.165) is 50.4 Å². The van der Waals surface area contributed by atoms with Gasteiger partial charge in [0.15, 0.2) is 5.75 Å². The first kappa shape index (κ1) is 31.9. The van der Waals surface area contributed by atoms with Gasteiger partial charge in [-0.1, -0.05) is 18.2 Å². The predicted molar refractivity (Wildman–Crippen MR) is 177 cm³/mol. The van der Waals surface area contributed by atoms with Crippen molar-refractivity contribution < 1.29 is 17.9 Å². The fourth-order valence-corrected chi connectivity index (χ4v) is 7.39. The summed E-state index contributed by atoms with van der Waals surface area (Å²) in [5.74, 6) is 1.60. The van der Waals surface area contributed by atoms with Crippen LogP contribution in [-0.2, 0) is 10.0 Å². The molecule has 3 aromatic rings. The van der Waals surface area contributed by atoms with Crippen molar-refractivity contribution in [1.29, 1.82) is 0 Å². The van der Waals surface area contributed by atoms with Gasteiger partial charge in [0.2, 0.25) is 0 Å². The maximum absolute atomic E-state index is 13.3. The lowest BCUT2D eigenvalue weighted by molar-refractivity contribution is 0.0920. The highest BCUT2D eigenvalue weighted by atomic mass is 32.2. The number of carbonyl (C=O) groups is 1. The summed E-state index contributed by atoms with van der Waals surface area (Å²) in [6, 6.07) is 21.0. The maximum atomic E-state index is 13.3. The van der Waals surface area contributed by atoms with Crippen molar-refractivity contribution in [1.82, 2.24) is 10.2 Å². The van der Waals surface area contributed by atoms with Crippen LogP contribution in [0.4, 0.5) is 11.4 Å². The van der Waals surface area contributed by atoms with E-state index in [9.17, 15) is 13.2 Å². The second kappa shape index (κ2) is 14.9. The minimum absolute atomic E-state index is 0.0749. The molecule has 0 atom stereocenters. The minimum atomic E-state index is -3.92. The summed E-state index contributed by atoms with van der Waals surface area (Å²) in [6.07, 6.45) is 8.20. The van der Waals surface area contributed by atoms with E-state index < -0.39 is 10.0 Å². The van der Waals surface area contributed by atoms with Crippen LogP contribution in [-0.4, -0.2) is 58.0 Å². The molecule has 2 fully saturated rings. The number of nitrogens with one attached hydrogen (secondary N) is 2.